The van der Waals surface area contributed by atoms with E-state index in [1.54, 1.807) is 0 Å². The summed E-state index contributed by atoms with van der Waals surface area (Å²) in [7, 11) is 0. The minimum atomic E-state index is 0.115. The van der Waals surface area contributed by atoms with Crippen LogP contribution in [0.2, 0.25) is 0 Å². The van der Waals surface area contributed by atoms with Gasteiger partial charge in [-0.2, -0.15) is 0 Å². The highest BCUT2D eigenvalue weighted by Crippen LogP contribution is 2.16. The van der Waals surface area contributed by atoms with Gasteiger partial charge in [-0.1, -0.05) is 50.1 Å². The van der Waals surface area contributed by atoms with E-state index >= 15 is 0 Å². The third kappa shape index (κ3) is 2.31. The van der Waals surface area contributed by atoms with Crippen LogP contribution in [0.4, 0.5) is 0 Å². The van der Waals surface area contributed by atoms with Crippen molar-refractivity contribution in [2.45, 2.75) is 17.3 Å². The Kier molecular flexibility index (Phi) is 4.26. The molecule has 0 aliphatic carbocycles. The van der Waals surface area contributed by atoms with Gasteiger partial charge >= 0.3 is 0 Å². The van der Waals surface area contributed by atoms with Gasteiger partial charge in [-0.05, 0) is 16.7 Å². The maximum Gasteiger partial charge on any atom is 0.0684 e. The zero-order chi connectivity index (χ0) is 8.97. The quantitative estimate of drug-likeness (QED) is 0.850. The molecule has 66 valence electrons. The van der Waals surface area contributed by atoms with Crippen LogP contribution in [0, 0.1) is 0 Å². The average Bonchev–Trinajstić information content (AvgIpc) is 2.16. The van der Waals surface area contributed by atoms with Crippen LogP contribution in [0.15, 0.2) is 18.2 Å². The predicted octanol–water partition coefficient (Wildman–Crippen LogP) is 2.97. The summed E-state index contributed by atoms with van der Waals surface area (Å²) in [4.78, 5) is 0. The second-order valence-electron chi connectivity index (χ2n) is 2.53. The fourth-order valence-electron chi connectivity index (χ4n) is 1.04. The molecule has 1 nitrogen and oxygen atoms in total. The number of hydrogen-bond donors (Lipinski definition) is 1. The van der Waals surface area contributed by atoms with Gasteiger partial charge in [-0.15, -0.1) is 0 Å². The first-order chi connectivity index (χ1) is 5.81. The molecule has 0 amide bonds. The minimum Gasteiger partial charge on any atom is -0.392 e. The van der Waals surface area contributed by atoms with E-state index in [2.05, 4.69) is 37.9 Å². The predicted molar refractivity (Wildman–Crippen MR) is 57.6 cm³/mol. The molecule has 0 aromatic heterocycles. The second-order valence-corrected chi connectivity index (χ2v) is 3.65. The molecule has 0 spiro atoms. The highest BCUT2D eigenvalue weighted by molar-refractivity contribution is 9.08. The van der Waals surface area contributed by atoms with Gasteiger partial charge in [-0.25, -0.2) is 0 Å². The van der Waals surface area contributed by atoms with Gasteiger partial charge in [0, 0.05) is 10.7 Å². The van der Waals surface area contributed by atoms with Crippen molar-refractivity contribution in [2.24, 2.45) is 0 Å². The molecular formula is C9H10Br2O. The van der Waals surface area contributed by atoms with Crippen LogP contribution in [0.1, 0.15) is 16.7 Å². The van der Waals surface area contributed by atoms with E-state index < -0.39 is 0 Å². The van der Waals surface area contributed by atoms with Gasteiger partial charge in [0.05, 0.1) is 6.61 Å². The number of hydrogen-bond acceptors (Lipinski definition) is 1. The van der Waals surface area contributed by atoms with Crippen LogP contribution in [-0.4, -0.2) is 5.11 Å². The fourth-order valence-corrected chi connectivity index (χ4v) is 1.91. The summed E-state index contributed by atoms with van der Waals surface area (Å²) in [5, 5.41) is 10.6. The number of alkyl halides is 2. The topological polar surface area (TPSA) is 20.2 Å². The monoisotopic (exact) mass is 292 g/mol. The van der Waals surface area contributed by atoms with Gasteiger partial charge in [0.25, 0.3) is 0 Å². The molecule has 1 aromatic rings. The van der Waals surface area contributed by atoms with Crippen molar-refractivity contribution in [3.63, 3.8) is 0 Å². The van der Waals surface area contributed by atoms with Gasteiger partial charge in [0.2, 0.25) is 0 Å². The van der Waals surface area contributed by atoms with Gasteiger partial charge in [-0.3, -0.25) is 0 Å². The Bertz CT molecular complexity index is 261. The maximum absolute atomic E-state index is 8.98. The summed E-state index contributed by atoms with van der Waals surface area (Å²) in [5.41, 5.74) is 3.40. The summed E-state index contributed by atoms with van der Waals surface area (Å²) in [6.45, 7) is 0.115. The lowest BCUT2D eigenvalue weighted by Gasteiger charge is -2.05. The van der Waals surface area contributed by atoms with Crippen molar-refractivity contribution >= 4 is 31.9 Å². The lowest BCUT2D eigenvalue weighted by molar-refractivity contribution is 0.281. The molecule has 0 aliphatic rings. The third-order valence-electron chi connectivity index (χ3n) is 1.74. The molecule has 12 heavy (non-hydrogen) atoms. The van der Waals surface area contributed by atoms with Gasteiger partial charge in [0.15, 0.2) is 0 Å². The van der Waals surface area contributed by atoms with Crippen LogP contribution in [0.25, 0.3) is 0 Å². The van der Waals surface area contributed by atoms with E-state index in [0.29, 0.717) is 0 Å². The molecule has 0 fully saturated rings. The molecule has 3 heteroatoms. The highest BCUT2D eigenvalue weighted by atomic mass is 79.9. The van der Waals surface area contributed by atoms with Crippen molar-refractivity contribution in [3.05, 3.63) is 34.9 Å². The maximum atomic E-state index is 8.98. The summed E-state index contributed by atoms with van der Waals surface area (Å²) in [6, 6.07) is 6.08. The van der Waals surface area contributed by atoms with E-state index in [1.807, 2.05) is 12.1 Å². The number of halogens is 2. The first-order valence-corrected chi connectivity index (χ1v) is 5.89. The van der Waals surface area contributed by atoms with E-state index in [1.165, 1.54) is 5.56 Å². The van der Waals surface area contributed by atoms with Crippen LogP contribution in [0.5, 0.6) is 0 Å². The molecule has 0 unspecified atom stereocenters. The number of aliphatic hydroxyl groups is 1. The van der Waals surface area contributed by atoms with E-state index in [9.17, 15) is 0 Å². The van der Waals surface area contributed by atoms with Gasteiger partial charge < -0.3 is 5.11 Å². The molecule has 0 saturated carbocycles. The summed E-state index contributed by atoms with van der Waals surface area (Å²) in [5.74, 6) is 0. The van der Waals surface area contributed by atoms with Crippen LogP contribution in [0.3, 0.4) is 0 Å². The molecule has 1 aromatic carbocycles. The molecule has 0 bridgehead atoms. The average molecular weight is 294 g/mol. The van der Waals surface area contributed by atoms with Crippen molar-refractivity contribution in [1.82, 2.24) is 0 Å². The molecule has 1 rings (SSSR count). The SMILES string of the molecule is OCc1ccc(CBr)cc1CBr. The minimum absolute atomic E-state index is 0.115. The largest absolute Gasteiger partial charge is 0.392 e. The Morgan fingerprint density at radius 1 is 1.08 bits per heavy atom. The lowest BCUT2D eigenvalue weighted by atomic mass is 10.1. The fraction of sp³-hybridized carbons (Fsp3) is 0.333. The number of aliphatic hydroxyl groups excluding tert-OH is 1. The molecule has 0 saturated heterocycles. The zero-order valence-electron chi connectivity index (χ0n) is 6.56. The van der Waals surface area contributed by atoms with Gasteiger partial charge in [0.1, 0.15) is 0 Å². The first kappa shape index (κ1) is 10.2. The summed E-state index contributed by atoms with van der Waals surface area (Å²) >= 11 is 6.78. The Morgan fingerprint density at radius 2 is 1.83 bits per heavy atom. The summed E-state index contributed by atoms with van der Waals surface area (Å²) < 4.78 is 0. The normalized spacial score (nSPS) is 10.2. The van der Waals surface area contributed by atoms with E-state index in [0.717, 1.165) is 21.8 Å². The van der Waals surface area contributed by atoms with E-state index in [4.69, 9.17) is 5.11 Å². The van der Waals surface area contributed by atoms with Crippen molar-refractivity contribution in [2.75, 3.05) is 0 Å². The molecule has 0 atom stereocenters. The molecule has 0 aliphatic heterocycles. The molecule has 0 heterocycles. The van der Waals surface area contributed by atoms with E-state index in [-0.39, 0.29) is 6.61 Å². The van der Waals surface area contributed by atoms with Crippen molar-refractivity contribution in [1.29, 1.82) is 0 Å². The Balaban J connectivity index is 3.02. The molecular weight excluding hydrogens is 284 g/mol. The van der Waals surface area contributed by atoms with Crippen LogP contribution in [-0.2, 0) is 17.3 Å². The lowest BCUT2D eigenvalue weighted by Crippen LogP contribution is -1.92. The number of rotatable bonds is 3. The van der Waals surface area contributed by atoms with Crippen LogP contribution < -0.4 is 0 Å². The first-order valence-electron chi connectivity index (χ1n) is 3.65. The standard InChI is InChI=1S/C9H10Br2O/c10-4-7-1-2-8(6-12)9(3-7)5-11/h1-3,12H,4-6H2. The second kappa shape index (κ2) is 5.00. The highest BCUT2D eigenvalue weighted by Gasteiger charge is 2.00. The smallest absolute Gasteiger partial charge is 0.0684 e. The molecule has 1 N–H and O–H groups in total. The third-order valence-corrected chi connectivity index (χ3v) is 2.99. The Labute approximate surface area is 89.1 Å². The van der Waals surface area contributed by atoms with Crippen molar-refractivity contribution in [3.8, 4) is 0 Å². The Hall–Kier alpha value is 0.140. The summed E-state index contributed by atoms with van der Waals surface area (Å²) in [6.07, 6.45) is 0. The zero-order valence-corrected chi connectivity index (χ0v) is 9.73. The number of benzene rings is 1. The van der Waals surface area contributed by atoms with Crippen LogP contribution >= 0.6 is 31.9 Å². The Morgan fingerprint density at radius 3 is 2.33 bits per heavy atom. The van der Waals surface area contributed by atoms with Crippen molar-refractivity contribution < 1.29 is 5.11 Å². The molecule has 0 radical (unpaired) electrons.